The van der Waals surface area contributed by atoms with E-state index in [9.17, 15) is 4.79 Å². The van der Waals surface area contributed by atoms with E-state index in [4.69, 9.17) is 11.6 Å². The van der Waals surface area contributed by atoms with Crippen LogP contribution in [0.15, 0.2) is 35.3 Å². The molecule has 0 amide bonds. The van der Waals surface area contributed by atoms with Gasteiger partial charge in [0.05, 0.1) is 0 Å². The second-order valence-electron chi connectivity index (χ2n) is 2.04. The molecular weight excluding hydrogens is 239 g/mol. The van der Waals surface area contributed by atoms with Gasteiger partial charge in [0.15, 0.2) is 0 Å². The van der Waals surface area contributed by atoms with Crippen LogP contribution >= 0.6 is 11.6 Å². The SMILES string of the molecule is O=C/C=C\[Se]c1ccc(Cl)cc1. The van der Waals surface area contributed by atoms with Gasteiger partial charge in [-0.15, -0.1) is 0 Å². The van der Waals surface area contributed by atoms with E-state index < -0.39 is 0 Å². The maximum absolute atomic E-state index is 9.95. The van der Waals surface area contributed by atoms with Crippen LogP contribution in [0.1, 0.15) is 0 Å². The predicted octanol–water partition coefficient (Wildman–Crippen LogP) is 1.38. The monoisotopic (exact) mass is 246 g/mol. The quantitative estimate of drug-likeness (QED) is 0.447. The van der Waals surface area contributed by atoms with Crippen molar-refractivity contribution >= 4 is 37.3 Å². The van der Waals surface area contributed by atoms with Gasteiger partial charge >= 0.3 is 82.4 Å². The number of hydrogen-bond acceptors (Lipinski definition) is 1. The van der Waals surface area contributed by atoms with Crippen LogP contribution < -0.4 is 4.46 Å². The van der Waals surface area contributed by atoms with E-state index in [1.54, 1.807) is 0 Å². The third-order valence-electron chi connectivity index (χ3n) is 1.17. The molecule has 0 aromatic heterocycles. The summed E-state index contributed by atoms with van der Waals surface area (Å²) in [6.45, 7) is 0. The van der Waals surface area contributed by atoms with Crippen LogP contribution in [0.4, 0.5) is 0 Å². The first-order valence-electron chi connectivity index (χ1n) is 3.35. The van der Waals surface area contributed by atoms with Gasteiger partial charge in [0.25, 0.3) is 0 Å². The van der Waals surface area contributed by atoms with Crippen molar-refractivity contribution in [3.05, 3.63) is 40.3 Å². The Bertz CT molecular complexity index is 279. The molecule has 1 rings (SSSR count). The molecule has 0 aliphatic rings. The van der Waals surface area contributed by atoms with E-state index in [1.807, 2.05) is 29.2 Å². The number of halogens is 1. The summed E-state index contributed by atoms with van der Waals surface area (Å²) in [5.74, 6) is 0. The Labute approximate surface area is 82.6 Å². The first-order valence-corrected chi connectivity index (χ1v) is 5.58. The normalized spacial score (nSPS) is 10.4. The molecule has 3 heteroatoms. The maximum atomic E-state index is 9.95. The molecule has 1 aromatic rings. The van der Waals surface area contributed by atoms with Gasteiger partial charge in [-0.2, -0.15) is 0 Å². The Morgan fingerprint density at radius 1 is 1.25 bits per heavy atom. The number of aldehydes is 1. The molecule has 0 aliphatic carbocycles. The van der Waals surface area contributed by atoms with Gasteiger partial charge in [-0.05, 0) is 0 Å². The molecule has 0 saturated carbocycles. The van der Waals surface area contributed by atoms with Crippen LogP contribution in [0.25, 0.3) is 0 Å². The van der Waals surface area contributed by atoms with E-state index in [0.29, 0.717) is 0 Å². The molecule has 0 spiro atoms. The zero-order valence-corrected chi connectivity index (χ0v) is 8.70. The average Bonchev–Trinajstić information content (AvgIpc) is 2.09. The van der Waals surface area contributed by atoms with Crippen molar-refractivity contribution in [1.29, 1.82) is 0 Å². The molecule has 0 bridgehead atoms. The Kier molecular flexibility index (Phi) is 4.09. The fraction of sp³-hybridized carbons (Fsp3) is 0. The van der Waals surface area contributed by atoms with E-state index >= 15 is 0 Å². The molecule has 0 fully saturated rings. The molecule has 12 heavy (non-hydrogen) atoms. The first kappa shape index (κ1) is 9.53. The zero-order valence-electron chi connectivity index (χ0n) is 6.24. The van der Waals surface area contributed by atoms with E-state index in [0.717, 1.165) is 11.3 Å². The third kappa shape index (κ3) is 3.22. The number of carbonyl (C=O) groups excluding carboxylic acids is 1. The summed E-state index contributed by atoms with van der Waals surface area (Å²) < 4.78 is 1.21. The Hall–Kier alpha value is -0.561. The number of allylic oxidation sites excluding steroid dienone is 1. The fourth-order valence-corrected chi connectivity index (χ4v) is 2.03. The van der Waals surface area contributed by atoms with Gasteiger partial charge in [-0.3, -0.25) is 0 Å². The second kappa shape index (κ2) is 5.15. The molecule has 0 aliphatic heterocycles. The molecule has 0 N–H and O–H groups in total. The molecular formula is C9H7ClOSe. The molecule has 0 saturated heterocycles. The summed E-state index contributed by atoms with van der Waals surface area (Å²) in [7, 11) is 0. The van der Waals surface area contributed by atoms with E-state index in [2.05, 4.69) is 0 Å². The van der Waals surface area contributed by atoms with Crippen LogP contribution in [0.5, 0.6) is 0 Å². The molecule has 0 radical (unpaired) electrons. The van der Waals surface area contributed by atoms with Crippen molar-refractivity contribution < 1.29 is 4.79 Å². The van der Waals surface area contributed by atoms with Crippen molar-refractivity contribution in [2.75, 3.05) is 0 Å². The third-order valence-corrected chi connectivity index (χ3v) is 3.18. The first-order chi connectivity index (χ1) is 5.83. The topological polar surface area (TPSA) is 17.1 Å². The standard InChI is InChI=1S/C9H7ClOSe/c10-8-2-4-9(5-3-8)12-7-1-6-11/h1-7H/b7-1-. The van der Waals surface area contributed by atoms with Crippen LogP contribution in [0, 0.1) is 0 Å². The number of benzene rings is 1. The van der Waals surface area contributed by atoms with Crippen molar-refractivity contribution in [3.8, 4) is 0 Å². The molecule has 0 atom stereocenters. The molecule has 0 unspecified atom stereocenters. The van der Waals surface area contributed by atoms with Crippen molar-refractivity contribution in [2.45, 2.75) is 0 Å². The number of rotatable bonds is 3. The average molecular weight is 246 g/mol. The van der Waals surface area contributed by atoms with Gasteiger partial charge in [-0.25, -0.2) is 0 Å². The zero-order chi connectivity index (χ0) is 8.81. The predicted molar refractivity (Wildman–Crippen MR) is 52.0 cm³/mol. The molecule has 0 heterocycles. The van der Waals surface area contributed by atoms with Crippen LogP contribution in [0.2, 0.25) is 5.02 Å². The Balaban J connectivity index is 2.58. The Morgan fingerprint density at radius 2 is 1.92 bits per heavy atom. The second-order valence-corrected chi connectivity index (χ2v) is 4.53. The Morgan fingerprint density at radius 3 is 2.50 bits per heavy atom. The van der Waals surface area contributed by atoms with Gasteiger partial charge in [0.2, 0.25) is 0 Å². The van der Waals surface area contributed by atoms with E-state index in [1.165, 1.54) is 10.5 Å². The van der Waals surface area contributed by atoms with Gasteiger partial charge < -0.3 is 0 Å². The molecule has 1 nitrogen and oxygen atoms in total. The van der Waals surface area contributed by atoms with Crippen LogP contribution in [-0.2, 0) is 4.79 Å². The van der Waals surface area contributed by atoms with Crippen molar-refractivity contribution in [2.24, 2.45) is 0 Å². The van der Waals surface area contributed by atoms with E-state index in [-0.39, 0.29) is 15.0 Å². The summed E-state index contributed by atoms with van der Waals surface area (Å²) in [6.07, 6.45) is 2.31. The molecule has 62 valence electrons. The summed E-state index contributed by atoms with van der Waals surface area (Å²) in [5.41, 5.74) is 0. The summed E-state index contributed by atoms with van der Waals surface area (Å²) >= 11 is 5.95. The van der Waals surface area contributed by atoms with Crippen LogP contribution in [-0.4, -0.2) is 21.2 Å². The van der Waals surface area contributed by atoms with Crippen molar-refractivity contribution in [1.82, 2.24) is 0 Å². The van der Waals surface area contributed by atoms with Gasteiger partial charge in [0, 0.05) is 0 Å². The van der Waals surface area contributed by atoms with Crippen molar-refractivity contribution in [3.63, 3.8) is 0 Å². The van der Waals surface area contributed by atoms with Crippen LogP contribution in [0.3, 0.4) is 0 Å². The van der Waals surface area contributed by atoms with Gasteiger partial charge in [0.1, 0.15) is 0 Å². The number of hydrogen-bond donors (Lipinski definition) is 0. The van der Waals surface area contributed by atoms with Gasteiger partial charge in [-0.1, -0.05) is 0 Å². The minimum atomic E-state index is 0.242. The summed E-state index contributed by atoms with van der Waals surface area (Å²) in [6, 6.07) is 7.65. The fourth-order valence-electron chi connectivity index (χ4n) is 0.663. The summed E-state index contributed by atoms with van der Waals surface area (Å²) in [4.78, 5) is 11.8. The minimum absolute atomic E-state index is 0.242. The number of carbonyl (C=O) groups is 1. The summed E-state index contributed by atoms with van der Waals surface area (Å²) in [5, 5.41) is 0.744. The molecule has 1 aromatic carbocycles.